The minimum atomic E-state index is -0.972. The number of nitrogens with zero attached hydrogens (tertiary/aromatic N) is 1. The van der Waals surface area contributed by atoms with E-state index in [4.69, 9.17) is 4.74 Å². The van der Waals surface area contributed by atoms with Crippen LogP contribution in [0.3, 0.4) is 0 Å². The van der Waals surface area contributed by atoms with Gasteiger partial charge in [-0.3, -0.25) is 14.5 Å². The van der Waals surface area contributed by atoms with Gasteiger partial charge in [0, 0.05) is 32.2 Å². The number of carbonyl (C=O) groups is 2. The van der Waals surface area contributed by atoms with Crippen LogP contribution in [0.4, 0.5) is 8.78 Å². The lowest BCUT2D eigenvalue weighted by Gasteiger charge is -2.26. The minimum Gasteiger partial charge on any atom is -0.379 e. The lowest BCUT2D eigenvalue weighted by molar-refractivity contribution is -0.120. The highest BCUT2D eigenvalue weighted by Gasteiger charge is 2.14. The Labute approximate surface area is 167 Å². The van der Waals surface area contributed by atoms with Crippen molar-refractivity contribution in [2.24, 2.45) is 0 Å². The van der Waals surface area contributed by atoms with Crippen molar-refractivity contribution >= 4 is 11.8 Å². The van der Waals surface area contributed by atoms with Crippen molar-refractivity contribution in [2.75, 3.05) is 32.8 Å². The molecule has 2 N–H and O–H groups in total. The van der Waals surface area contributed by atoms with Crippen LogP contribution in [0.2, 0.25) is 0 Å². The molecule has 0 aliphatic carbocycles. The highest BCUT2D eigenvalue weighted by Crippen LogP contribution is 2.10. The van der Waals surface area contributed by atoms with Crippen molar-refractivity contribution < 1.29 is 23.1 Å². The molecule has 0 radical (unpaired) electrons. The van der Waals surface area contributed by atoms with Crippen LogP contribution < -0.4 is 10.6 Å². The van der Waals surface area contributed by atoms with Crippen molar-refractivity contribution in [3.05, 3.63) is 70.8 Å². The zero-order chi connectivity index (χ0) is 20.6. The zero-order valence-electron chi connectivity index (χ0n) is 15.9. The Morgan fingerprint density at radius 2 is 1.66 bits per heavy atom. The Bertz CT molecular complexity index is 853. The normalized spacial score (nSPS) is 14.4. The molecule has 1 saturated heterocycles. The Kier molecular flexibility index (Phi) is 7.26. The Morgan fingerprint density at radius 3 is 2.34 bits per heavy atom. The van der Waals surface area contributed by atoms with Gasteiger partial charge in [-0.2, -0.15) is 0 Å². The van der Waals surface area contributed by atoms with E-state index in [2.05, 4.69) is 15.5 Å². The predicted molar refractivity (Wildman–Crippen MR) is 103 cm³/mol. The summed E-state index contributed by atoms with van der Waals surface area (Å²) in [4.78, 5) is 26.1. The number of hydrogen-bond donors (Lipinski definition) is 2. The predicted octanol–water partition coefficient (Wildman–Crippen LogP) is 1.84. The first-order chi connectivity index (χ1) is 14.0. The monoisotopic (exact) mass is 403 g/mol. The van der Waals surface area contributed by atoms with Crippen molar-refractivity contribution in [2.45, 2.75) is 13.1 Å². The van der Waals surface area contributed by atoms with E-state index in [1.165, 1.54) is 5.56 Å². The highest BCUT2D eigenvalue weighted by atomic mass is 19.1. The van der Waals surface area contributed by atoms with Gasteiger partial charge in [-0.05, 0) is 23.3 Å². The van der Waals surface area contributed by atoms with Crippen molar-refractivity contribution in [3.63, 3.8) is 0 Å². The van der Waals surface area contributed by atoms with E-state index in [9.17, 15) is 18.4 Å². The molecule has 3 rings (SSSR count). The summed E-state index contributed by atoms with van der Waals surface area (Å²) in [6, 6.07) is 10.6. The molecule has 0 bridgehead atoms. The molecule has 8 heteroatoms. The first kappa shape index (κ1) is 20.9. The van der Waals surface area contributed by atoms with Gasteiger partial charge in [-0.25, -0.2) is 8.78 Å². The zero-order valence-corrected chi connectivity index (χ0v) is 15.9. The molecule has 0 saturated carbocycles. The molecule has 2 aromatic rings. The lowest BCUT2D eigenvalue weighted by atomic mass is 10.1. The van der Waals surface area contributed by atoms with Gasteiger partial charge in [-0.15, -0.1) is 0 Å². The third-order valence-electron chi connectivity index (χ3n) is 4.61. The summed E-state index contributed by atoms with van der Waals surface area (Å²) in [7, 11) is 0. The summed E-state index contributed by atoms with van der Waals surface area (Å²) in [6.07, 6.45) is 0. The summed E-state index contributed by atoms with van der Waals surface area (Å²) in [5, 5.41) is 5.02. The number of halogens is 2. The number of amides is 2. The maximum absolute atomic E-state index is 13.6. The fraction of sp³-hybridized carbons (Fsp3) is 0.333. The average molecular weight is 403 g/mol. The van der Waals surface area contributed by atoms with Gasteiger partial charge >= 0.3 is 0 Å². The number of nitrogens with one attached hydrogen (secondary N) is 2. The van der Waals surface area contributed by atoms with E-state index >= 15 is 0 Å². The lowest BCUT2D eigenvalue weighted by Crippen LogP contribution is -2.37. The third-order valence-corrected chi connectivity index (χ3v) is 4.61. The molecule has 1 aliphatic heterocycles. The van der Waals surface area contributed by atoms with Crippen LogP contribution in [0.1, 0.15) is 21.5 Å². The van der Waals surface area contributed by atoms with Crippen LogP contribution in [0, 0.1) is 11.6 Å². The molecule has 1 fully saturated rings. The topological polar surface area (TPSA) is 70.7 Å². The molecule has 29 heavy (non-hydrogen) atoms. The second-order valence-electron chi connectivity index (χ2n) is 6.79. The van der Waals surface area contributed by atoms with Crippen molar-refractivity contribution in [3.8, 4) is 0 Å². The van der Waals surface area contributed by atoms with Crippen molar-refractivity contribution in [1.29, 1.82) is 0 Å². The van der Waals surface area contributed by atoms with Gasteiger partial charge in [0.25, 0.3) is 5.91 Å². The van der Waals surface area contributed by atoms with Crippen LogP contribution in [-0.4, -0.2) is 49.6 Å². The number of hydrogen-bond acceptors (Lipinski definition) is 4. The summed E-state index contributed by atoms with van der Waals surface area (Å²) in [5.41, 5.74) is 1.81. The smallest absolute Gasteiger partial charge is 0.254 e. The second kappa shape index (κ2) is 10.1. The fourth-order valence-corrected chi connectivity index (χ4v) is 2.97. The Hall–Kier alpha value is -2.84. The van der Waals surface area contributed by atoms with E-state index in [-0.39, 0.29) is 12.1 Å². The third kappa shape index (κ3) is 6.33. The van der Waals surface area contributed by atoms with Gasteiger partial charge in [0.1, 0.15) is 11.6 Å². The SMILES string of the molecule is O=C(CNC(=O)c1ccc(F)cc1F)NCc1ccc(CN2CCOCC2)cc1. The molecule has 0 spiro atoms. The first-order valence-corrected chi connectivity index (χ1v) is 9.39. The van der Waals surface area contributed by atoms with Crippen LogP contribution in [0.5, 0.6) is 0 Å². The average Bonchev–Trinajstić information content (AvgIpc) is 2.72. The van der Waals surface area contributed by atoms with Gasteiger partial charge in [0.05, 0.1) is 25.3 Å². The van der Waals surface area contributed by atoms with E-state index in [1.807, 2.05) is 24.3 Å². The van der Waals surface area contributed by atoms with Crippen LogP contribution in [0.15, 0.2) is 42.5 Å². The van der Waals surface area contributed by atoms with Gasteiger partial charge in [-0.1, -0.05) is 24.3 Å². The summed E-state index contributed by atoms with van der Waals surface area (Å²) < 4.78 is 31.8. The van der Waals surface area contributed by atoms with Crippen LogP contribution >= 0.6 is 0 Å². The second-order valence-corrected chi connectivity index (χ2v) is 6.79. The molecular weight excluding hydrogens is 380 g/mol. The number of carbonyl (C=O) groups excluding carboxylic acids is 2. The van der Waals surface area contributed by atoms with Gasteiger partial charge in [0.15, 0.2) is 0 Å². The molecule has 2 aromatic carbocycles. The standard InChI is InChI=1S/C21H23F2N3O3/c22-17-5-6-18(19(23)11-17)21(28)25-13-20(27)24-12-15-1-3-16(4-2-15)14-26-7-9-29-10-8-26/h1-6,11H,7-10,12-14H2,(H,24,27)(H,25,28). The molecule has 1 heterocycles. The number of rotatable bonds is 7. The minimum absolute atomic E-state index is 0.301. The Balaban J connectivity index is 1.41. The maximum Gasteiger partial charge on any atom is 0.254 e. The van der Waals surface area contributed by atoms with E-state index in [0.717, 1.165) is 50.5 Å². The molecule has 0 unspecified atom stereocenters. The first-order valence-electron chi connectivity index (χ1n) is 9.39. The van der Waals surface area contributed by atoms with E-state index < -0.39 is 23.4 Å². The molecule has 2 amide bonds. The number of morpholine rings is 1. The number of ether oxygens (including phenoxy) is 1. The maximum atomic E-state index is 13.6. The summed E-state index contributed by atoms with van der Waals surface area (Å²) in [6.45, 7) is 4.24. The van der Waals surface area contributed by atoms with E-state index in [1.54, 1.807) is 0 Å². The van der Waals surface area contributed by atoms with Crippen LogP contribution in [0.25, 0.3) is 0 Å². The Morgan fingerprint density at radius 1 is 0.966 bits per heavy atom. The van der Waals surface area contributed by atoms with E-state index in [0.29, 0.717) is 12.6 Å². The van der Waals surface area contributed by atoms with Gasteiger partial charge in [0.2, 0.25) is 5.91 Å². The molecule has 154 valence electrons. The molecule has 6 nitrogen and oxygen atoms in total. The van der Waals surface area contributed by atoms with Crippen molar-refractivity contribution in [1.82, 2.24) is 15.5 Å². The quantitative estimate of drug-likeness (QED) is 0.740. The molecule has 1 aliphatic rings. The molecule has 0 aromatic heterocycles. The summed E-state index contributed by atoms with van der Waals surface area (Å²) in [5.74, 6) is -2.92. The van der Waals surface area contributed by atoms with Gasteiger partial charge < -0.3 is 15.4 Å². The largest absolute Gasteiger partial charge is 0.379 e. The highest BCUT2D eigenvalue weighted by molar-refractivity contribution is 5.96. The van der Waals surface area contributed by atoms with Crippen LogP contribution in [-0.2, 0) is 22.6 Å². The number of benzene rings is 2. The fourth-order valence-electron chi connectivity index (χ4n) is 2.97. The molecular formula is C21H23F2N3O3. The molecule has 0 atom stereocenters. The summed E-state index contributed by atoms with van der Waals surface area (Å²) >= 11 is 0.